The molecule has 0 spiro atoms. The topological polar surface area (TPSA) is 58.6 Å². The second-order valence-electron chi connectivity index (χ2n) is 8.52. The minimum absolute atomic E-state index is 0.0451. The lowest BCUT2D eigenvalue weighted by Gasteiger charge is -2.35. The zero-order valence-electron chi connectivity index (χ0n) is 15.2. The maximum atomic E-state index is 14.3. The van der Waals surface area contributed by atoms with Crippen LogP contribution in [-0.4, -0.2) is 15.2 Å². The number of pyridine rings is 1. The van der Waals surface area contributed by atoms with Crippen LogP contribution in [-0.2, 0) is 10.8 Å². The average molecular weight is 377 g/mol. The summed E-state index contributed by atoms with van der Waals surface area (Å²) < 4.78 is 28.6. The first-order chi connectivity index (χ1) is 13.4. The Bertz CT molecular complexity index is 1210. The molecule has 0 saturated heterocycles. The van der Waals surface area contributed by atoms with Crippen LogP contribution >= 0.6 is 0 Å². The molecule has 6 heteroatoms. The highest BCUT2D eigenvalue weighted by atomic mass is 19.1. The Kier molecular flexibility index (Phi) is 2.73. The van der Waals surface area contributed by atoms with E-state index in [0.29, 0.717) is 0 Å². The smallest absolute Gasteiger partial charge is 0.181 e. The molecule has 1 aromatic carbocycles. The summed E-state index contributed by atoms with van der Waals surface area (Å²) in [5.74, 6) is -1.29. The zero-order chi connectivity index (χ0) is 19.3. The summed E-state index contributed by atoms with van der Waals surface area (Å²) in [6.07, 6.45) is 4.51. The van der Waals surface area contributed by atoms with Crippen molar-refractivity contribution in [1.82, 2.24) is 15.2 Å². The molecule has 3 aliphatic carbocycles. The second kappa shape index (κ2) is 4.74. The molecule has 0 aliphatic heterocycles. The molecule has 2 bridgehead atoms. The highest BCUT2D eigenvalue weighted by molar-refractivity contribution is 5.68. The predicted molar refractivity (Wildman–Crippen MR) is 98.9 cm³/mol. The Morgan fingerprint density at radius 1 is 1.07 bits per heavy atom. The number of nitrogens with zero attached hydrogens (tertiary/aromatic N) is 2. The molecule has 0 radical (unpaired) electrons. The van der Waals surface area contributed by atoms with Gasteiger partial charge in [0.05, 0.1) is 22.4 Å². The van der Waals surface area contributed by atoms with Gasteiger partial charge in [-0.05, 0) is 48.4 Å². The normalized spacial score (nSPS) is 31.5. The third kappa shape index (κ3) is 1.56. The zero-order valence-corrected chi connectivity index (χ0v) is 15.2. The second-order valence-corrected chi connectivity index (χ2v) is 8.52. The van der Waals surface area contributed by atoms with Gasteiger partial charge in [0.1, 0.15) is 11.6 Å². The standard InChI is InChI=1S/C22H17F2N3O/c1-20-11-21(20)6-7-22(20,17-9-12(28)5-8-25-17)19-13(21)10-16(26-27-19)18-14(23)3-2-4-15(18)24/h2-5,8-10H,6-7,11H2,1H3,(H,25,28)/t20?,21?,22-/m0/s1. The number of hydrogen-bond acceptors (Lipinski definition) is 3. The summed E-state index contributed by atoms with van der Waals surface area (Å²) in [6, 6.07) is 8.78. The fourth-order valence-electron chi connectivity index (χ4n) is 6.25. The van der Waals surface area contributed by atoms with E-state index in [1.54, 1.807) is 12.3 Å². The van der Waals surface area contributed by atoms with Crippen molar-refractivity contribution in [2.45, 2.75) is 37.0 Å². The minimum Gasteiger partial charge on any atom is -0.364 e. The largest absolute Gasteiger partial charge is 0.364 e. The summed E-state index contributed by atoms with van der Waals surface area (Å²) >= 11 is 0. The lowest BCUT2D eigenvalue weighted by Crippen LogP contribution is -2.36. The van der Waals surface area contributed by atoms with E-state index in [1.165, 1.54) is 24.3 Å². The van der Waals surface area contributed by atoms with Gasteiger partial charge in [-0.3, -0.25) is 4.79 Å². The predicted octanol–water partition coefficient (Wildman–Crippen LogP) is 3.85. The number of rotatable bonds is 2. The quantitative estimate of drug-likeness (QED) is 0.738. The van der Waals surface area contributed by atoms with Crippen LogP contribution in [0.2, 0.25) is 0 Å². The van der Waals surface area contributed by atoms with Crippen molar-refractivity contribution in [3.8, 4) is 11.3 Å². The SMILES string of the molecule is CC12CC13CC[C@]2(c1cc(=O)cc[nH]1)c1nnc(-c2c(F)cccc2F)cc13. The number of fused-ring (bicyclic) bond motifs is 2. The van der Waals surface area contributed by atoms with Gasteiger partial charge < -0.3 is 4.98 Å². The van der Waals surface area contributed by atoms with Gasteiger partial charge in [0, 0.05) is 29.4 Å². The molecule has 2 saturated carbocycles. The van der Waals surface area contributed by atoms with Crippen molar-refractivity contribution < 1.29 is 8.78 Å². The summed E-state index contributed by atoms with van der Waals surface area (Å²) in [7, 11) is 0. The third-order valence-electron chi connectivity index (χ3n) is 7.62. The van der Waals surface area contributed by atoms with E-state index in [2.05, 4.69) is 22.1 Å². The van der Waals surface area contributed by atoms with Crippen LogP contribution in [0.25, 0.3) is 11.3 Å². The van der Waals surface area contributed by atoms with Gasteiger partial charge in [0.2, 0.25) is 0 Å². The van der Waals surface area contributed by atoms with Gasteiger partial charge in [0.15, 0.2) is 5.43 Å². The Balaban J connectivity index is 1.61. The van der Waals surface area contributed by atoms with E-state index in [9.17, 15) is 13.6 Å². The van der Waals surface area contributed by atoms with Crippen LogP contribution in [0.3, 0.4) is 0 Å². The molecule has 3 atom stereocenters. The Labute approximate surface area is 159 Å². The molecule has 2 fully saturated rings. The number of aromatic nitrogens is 3. The fraction of sp³-hybridized carbons (Fsp3) is 0.318. The Hall–Kier alpha value is -2.89. The van der Waals surface area contributed by atoms with Crippen LogP contribution in [0.15, 0.2) is 47.4 Å². The molecule has 140 valence electrons. The molecular formula is C22H17F2N3O. The van der Waals surface area contributed by atoms with Crippen molar-refractivity contribution in [2.24, 2.45) is 5.41 Å². The van der Waals surface area contributed by atoms with E-state index in [4.69, 9.17) is 0 Å². The number of benzene rings is 1. The minimum atomic E-state index is -0.643. The number of nitrogens with one attached hydrogen (secondary N) is 1. The van der Waals surface area contributed by atoms with Crippen LogP contribution < -0.4 is 5.43 Å². The lowest BCUT2D eigenvalue weighted by atomic mass is 9.69. The third-order valence-corrected chi connectivity index (χ3v) is 7.62. The summed E-state index contributed by atoms with van der Waals surface area (Å²) in [6.45, 7) is 2.23. The van der Waals surface area contributed by atoms with Gasteiger partial charge >= 0.3 is 0 Å². The van der Waals surface area contributed by atoms with E-state index in [-0.39, 0.29) is 27.5 Å². The molecule has 2 heterocycles. The lowest BCUT2D eigenvalue weighted by molar-refractivity contribution is 0.334. The molecule has 3 aliphatic rings. The fourth-order valence-corrected chi connectivity index (χ4v) is 6.25. The monoisotopic (exact) mass is 377 g/mol. The first kappa shape index (κ1) is 16.1. The highest BCUT2D eigenvalue weighted by Gasteiger charge is 2.84. The van der Waals surface area contributed by atoms with Crippen LogP contribution in [0.5, 0.6) is 0 Å². The Morgan fingerprint density at radius 2 is 1.86 bits per heavy atom. The van der Waals surface area contributed by atoms with Gasteiger partial charge in [-0.1, -0.05) is 13.0 Å². The maximum absolute atomic E-state index is 14.3. The van der Waals surface area contributed by atoms with Crippen LogP contribution in [0.4, 0.5) is 8.78 Å². The van der Waals surface area contributed by atoms with E-state index in [1.807, 2.05) is 6.07 Å². The number of halogens is 2. The van der Waals surface area contributed by atoms with Crippen molar-refractivity contribution in [3.63, 3.8) is 0 Å². The van der Waals surface area contributed by atoms with Gasteiger partial charge in [0.25, 0.3) is 0 Å². The maximum Gasteiger partial charge on any atom is 0.181 e. The first-order valence-electron chi connectivity index (χ1n) is 9.45. The number of hydrogen-bond donors (Lipinski definition) is 1. The molecule has 6 rings (SSSR count). The van der Waals surface area contributed by atoms with Gasteiger partial charge in [-0.25, -0.2) is 8.78 Å². The Morgan fingerprint density at radius 3 is 2.57 bits per heavy atom. The van der Waals surface area contributed by atoms with Crippen LogP contribution in [0.1, 0.15) is 43.1 Å². The van der Waals surface area contributed by atoms with E-state index in [0.717, 1.165) is 36.2 Å². The summed E-state index contributed by atoms with van der Waals surface area (Å²) in [4.78, 5) is 15.3. The first-order valence-corrected chi connectivity index (χ1v) is 9.45. The number of H-pyrrole nitrogens is 1. The molecular weight excluding hydrogens is 360 g/mol. The molecule has 28 heavy (non-hydrogen) atoms. The molecule has 2 aromatic heterocycles. The summed E-state index contributed by atoms with van der Waals surface area (Å²) in [5, 5.41) is 8.71. The van der Waals surface area contributed by atoms with Crippen molar-refractivity contribution >= 4 is 0 Å². The average Bonchev–Trinajstić information content (AvgIpc) is 3.14. The van der Waals surface area contributed by atoms with Crippen molar-refractivity contribution in [1.29, 1.82) is 0 Å². The molecule has 1 N–H and O–H groups in total. The van der Waals surface area contributed by atoms with Gasteiger partial charge in [-0.2, -0.15) is 5.10 Å². The summed E-state index contributed by atoms with van der Waals surface area (Å²) in [5.41, 5.74) is 2.25. The molecule has 3 aromatic rings. The van der Waals surface area contributed by atoms with Crippen molar-refractivity contribution in [2.75, 3.05) is 0 Å². The molecule has 4 nitrogen and oxygen atoms in total. The van der Waals surface area contributed by atoms with E-state index < -0.39 is 17.0 Å². The number of aromatic amines is 1. The highest BCUT2D eigenvalue weighted by Crippen LogP contribution is 2.86. The van der Waals surface area contributed by atoms with Crippen molar-refractivity contribution in [3.05, 3.63) is 81.4 Å². The molecule has 2 unspecified atom stereocenters. The van der Waals surface area contributed by atoms with Crippen LogP contribution in [0, 0.1) is 17.0 Å². The van der Waals surface area contributed by atoms with Gasteiger partial charge in [-0.15, -0.1) is 5.10 Å². The molecule has 0 amide bonds. The van der Waals surface area contributed by atoms with E-state index >= 15 is 0 Å².